The van der Waals surface area contributed by atoms with Crippen LogP contribution in [0.15, 0.2) is 0 Å². The standard InChI is InChI=1S/C8H14N2O2/c1-6(5-11)4-10-8(12)7(2)3-9/h6-7,11H,4-5H2,1-2H3,(H,10,12). The number of hydrogen-bond acceptors (Lipinski definition) is 3. The van der Waals surface area contributed by atoms with Crippen molar-refractivity contribution in [3.8, 4) is 6.07 Å². The average molecular weight is 170 g/mol. The first-order chi connectivity index (χ1) is 5.61. The predicted molar refractivity (Wildman–Crippen MR) is 44.0 cm³/mol. The molecule has 0 aromatic rings. The minimum absolute atomic E-state index is 0.0415. The highest BCUT2D eigenvalue weighted by atomic mass is 16.3. The van der Waals surface area contributed by atoms with E-state index < -0.39 is 5.92 Å². The molecule has 4 nitrogen and oxygen atoms in total. The van der Waals surface area contributed by atoms with Crippen LogP contribution in [0, 0.1) is 23.2 Å². The zero-order chi connectivity index (χ0) is 9.56. The second-order valence-corrected chi connectivity index (χ2v) is 2.88. The molecular weight excluding hydrogens is 156 g/mol. The van der Waals surface area contributed by atoms with Gasteiger partial charge in [0.05, 0.1) is 6.07 Å². The van der Waals surface area contributed by atoms with E-state index in [0.717, 1.165) is 0 Å². The quantitative estimate of drug-likeness (QED) is 0.618. The smallest absolute Gasteiger partial charge is 0.237 e. The second kappa shape index (κ2) is 5.56. The average Bonchev–Trinajstić information content (AvgIpc) is 2.11. The van der Waals surface area contributed by atoms with Crippen molar-refractivity contribution >= 4 is 5.91 Å². The zero-order valence-corrected chi connectivity index (χ0v) is 7.37. The van der Waals surface area contributed by atoms with E-state index >= 15 is 0 Å². The van der Waals surface area contributed by atoms with Gasteiger partial charge in [-0.1, -0.05) is 6.92 Å². The van der Waals surface area contributed by atoms with Gasteiger partial charge in [-0.05, 0) is 12.8 Å². The first kappa shape index (κ1) is 10.9. The van der Waals surface area contributed by atoms with Gasteiger partial charge in [-0.2, -0.15) is 5.26 Å². The van der Waals surface area contributed by atoms with Gasteiger partial charge in [-0.3, -0.25) is 4.79 Å². The van der Waals surface area contributed by atoms with Crippen LogP contribution in [0.4, 0.5) is 0 Å². The SMILES string of the molecule is CC(CO)CNC(=O)C(C)C#N. The predicted octanol–water partition coefficient (Wildman–Crippen LogP) is -0.109. The summed E-state index contributed by atoms with van der Waals surface area (Å²) in [4.78, 5) is 11.0. The summed E-state index contributed by atoms with van der Waals surface area (Å²) in [5.41, 5.74) is 0. The van der Waals surface area contributed by atoms with E-state index in [0.29, 0.717) is 6.54 Å². The van der Waals surface area contributed by atoms with Gasteiger partial charge in [0.25, 0.3) is 0 Å². The molecule has 0 aromatic heterocycles. The van der Waals surface area contributed by atoms with Crippen molar-refractivity contribution in [1.29, 1.82) is 5.26 Å². The third-order valence-corrected chi connectivity index (χ3v) is 1.52. The summed E-state index contributed by atoms with van der Waals surface area (Å²) < 4.78 is 0. The molecule has 68 valence electrons. The Balaban J connectivity index is 3.66. The molecule has 0 spiro atoms. The van der Waals surface area contributed by atoms with Crippen LogP contribution in [0.25, 0.3) is 0 Å². The summed E-state index contributed by atoms with van der Waals surface area (Å²) in [5, 5.41) is 19.6. The largest absolute Gasteiger partial charge is 0.396 e. The van der Waals surface area contributed by atoms with Crippen molar-refractivity contribution in [2.45, 2.75) is 13.8 Å². The molecule has 0 saturated carbocycles. The summed E-state index contributed by atoms with van der Waals surface area (Å²) in [7, 11) is 0. The maximum absolute atomic E-state index is 11.0. The first-order valence-corrected chi connectivity index (χ1v) is 3.90. The van der Waals surface area contributed by atoms with E-state index in [4.69, 9.17) is 10.4 Å². The van der Waals surface area contributed by atoms with Crippen LogP contribution in [0.3, 0.4) is 0 Å². The Labute approximate surface area is 72.2 Å². The van der Waals surface area contributed by atoms with E-state index in [1.54, 1.807) is 6.92 Å². The van der Waals surface area contributed by atoms with Crippen molar-refractivity contribution in [1.82, 2.24) is 5.32 Å². The fourth-order valence-corrected chi connectivity index (χ4v) is 0.551. The highest BCUT2D eigenvalue weighted by Crippen LogP contribution is 1.93. The van der Waals surface area contributed by atoms with Crippen LogP contribution >= 0.6 is 0 Å². The zero-order valence-electron chi connectivity index (χ0n) is 7.37. The topological polar surface area (TPSA) is 73.1 Å². The van der Waals surface area contributed by atoms with Gasteiger partial charge in [-0.25, -0.2) is 0 Å². The van der Waals surface area contributed by atoms with Gasteiger partial charge in [0, 0.05) is 13.2 Å². The maximum Gasteiger partial charge on any atom is 0.237 e. The van der Waals surface area contributed by atoms with Crippen LogP contribution in [0.2, 0.25) is 0 Å². The van der Waals surface area contributed by atoms with Crippen molar-refractivity contribution in [2.75, 3.05) is 13.2 Å². The molecule has 2 atom stereocenters. The number of nitrogens with one attached hydrogen (secondary N) is 1. The molecule has 0 fully saturated rings. The lowest BCUT2D eigenvalue weighted by molar-refractivity contribution is -0.123. The van der Waals surface area contributed by atoms with Crippen LogP contribution in [-0.2, 0) is 4.79 Å². The van der Waals surface area contributed by atoms with Crippen LogP contribution in [-0.4, -0.2) is 24.2 Å². The fourth-order valence-electron chi connectivity index (χ4n) is 0.551. The molecule has 0 bridgehead atoms. The second-order valence-electron chi connectivity index (χ2n) is 2.88. The lowest BCUT2D eigenvalue weighted by Crippen LogP contribution is -2.33. The Kier molecular flexibility index (Phi) is 5.06. The number of nitrogens with zero attached hydrogens (tertiary/aromatic N) is 1. The van der Waals surface area contributed by atoms with Gasteiger partial charge < -0.3 is 10.4 Å². The number of carbonyl (C=O) groups is 1. The first-order valence-electron chi connectivity index (χ1n) is 3.90. The van der Waals surface area contributed by atoms with Crippen LogP contribution in [0.1, 0.15) is 13.8 Å². The molecule has 0 aliphatic heterocycles. The molecule has 0 saturated heterocycles. The Bertz CT molecular complexity index is 186. The number of aliphatic hydroxyl groups is 1. The normalized spacial score (nSPS) is 14.5. The molecule has 4 heteroatoms. The Hall–Kier alpha value is -1.08. The highest BCUT2D eigenvalue weighted by Gasteiger charge is 2.11. The summed E-state index contributed by atoms with van der Waals surface area (Å²) in [6, 6.07) is 1.83. The number of aliphatic hydroxyl groups excluding tert-OH is 1. The molecule has 0 heterocycles. The number of hydrogen-bond donors (Lipinski definition) is 2. The van der Waals surface area contributed by atoms with Gasteiger partial charge >= 0.3 is 0 Å². The lowest BCUT2D eigenvalue weighted by atomic mass is 10.1. The molecule has 0 aliphatic carbocycles. The molecule has 0 aromatic carbocycles. The number of rotatable bonds is 4. The van der Waals surface area contributed by atoms with E-state index in [1.807, 2.05) is 13.0 Å². The monoisotopic (exact) mass is 170 g/mol. The lowest BCUT2D eigenvalue weighted by Gasteiger charge is -2.09. The molecule has 2 unspecified atom stereocenters. The maximum atomic E-state index is 11.0. The number of amides is 1. The van der Waals surface area contributed by atoms with Gasteiger partial charge in [0.2, 0.25) is 5.91 Å². The molecular formula is C8H14N2O2. The highest BCUT2D eigenvalue weighted by molar-refractivity contribution is 5.80. The third kappa shape index (κ3) is 3.94. The minimum Gasteiger partial charge on any atom is -0.396 e. The van der Waals surface area contributed by atoms with E-state index in [9.17, 15) is 4.79 Å². The number of nitriles is 1. The molecule has 1 amide bonds. The summed E-state index contributed by atoms with van der Waals surface area (Å²) >= 11 is 0. The van der Waals surface area contributed by atoms with Crippen molar-refractivity contribution < 1.29 is 9.90 Å². The van der Waals surface area contributed by atoms with Crippen LogP contribution in [0.5, 0.6) is 0 Å². The van der Waals surface area contributed by atoms with Gasteiger partial charge in [-0.15, -0.1) is 0 Å². The summed E-state index contributed by atoms with van der Waals surface area (Å²) in [5.74, 6) is -0.853. The van der Waals surface area contributed by atoms with Crippen molar-refractivity contribution in [3.05, 3.63) is 0 Å². The van der Waals surface area contributed by atoms with Gasteiger partial charge in [0.1, 0.15) is 5.92 Å². The van der Waals surface area contributed by atoms with E-state index in [1.165, 1.54) is 0 Å². The molecule has 0 rings (SSSR count). The molecule has 12 heavy (non-hydrogen) atoms. The van der Waals surface area contributed by atoms with Gasteiger partial charge in [0.15, 0.2) is 0 Å². The molecule has 0 aliphatic rings. The van der Waals surface area contributed by atoms with Crippen LogP contribution < -0.4 is 5.32 Å². The summed E-state index contributed by atoms with van der Waals surface area (Å²) in [6.07, 6.45) is 0. The fraction of sp³-hybridized carbons (Fsp3) is 0.750. The summed E-state index contributed by atoms with van der Waals surface area (Å²) in [6.45, 7) is 3.82. The van der Waals surface area contributed by atoms with Crippen molar-refractivity contribution in [3.63, 3.8) is 0 Å². The van der Waals surface area contributed by atoms with E-state index in [2.05, 4.69) is 5.32 Å². The Morgan fingerprint density at radius 2 is 2.25 bits per heavy atom. The number of carbonyl (C=O) groups excluding carboxylic acids is 1. The van der Waals surface area contributed by atoms with E-state index in [-0.39, 0.29) is 18.4 Å². The Morgan fingerprint density at radius 3 is 2.67 bits per heavy atom. The third-order valence-electron chi connectivity index (χ3n) is 1.52. The minimum atomic E-state index is -0.615. The Morgan fingerprint density at radius 1 is 1.67 bits per heavy atom. The molecule has 2 N–H and O–H groups in total. The van der Waals surface area contributed by atoms with Crippen molar-refractivity contribution in [2.24, 2.45) is 11.8 Å². The molecule has 0 radical (unpaired) electrons.